The molecule has 0 saturated heterocycles. The highest BCUT2D eigenvalue weighted by molar-refractivity contribution is 5.83. The maximum Gasteiger partial charge on any atom is 0.137 e. The molecule has 4 nitrogen and oxygen atoms in total. The van der Waals surface area contributed by atoms with Crippen LogP contribution < -0.4 is 5.32 Å². The van der Waals surface area contributed by atoms with Crippen LogP contribution in [0.5, 0.6) is 0 Å². The molecule has 2 heterocycles. The molecule has 2 rings (SSSR count). The number of nitriles is 1. The van der Waals surface area contributed by atoms with Crippen LogP contribution in [0.25, 0.3) is 11.0 Å². The van der Waals surface area contributed by atoms with Gasteiger partial charge < -0.3 is 10.3 Å². The molecule has 92 valence electrons. The molecule has 0 aliphatic rings. The van der Waals surface area contributed by atoms with E-state index in [9.17, 15) is 0 Å². The first-order chi connectivity index (χ1) is 8.70. The van der Waals surface area contributed by atoms with Crippen LogP contribution in [-0.2, 0) is 6.42 Å². The second-order valence-electron chi connectivity index (χ2n) is 4.47. The van der Waals surface area contributed by atoms with Crippen molar-refractivity contribution in [3.8, 4) is 6.07 Å². The lowest BCUT2D eigenvalue weighted by Gasteiger charge is -2.09. The third-order valence-corrected chi connectivity index (χ3v) is 2.60. The van der Waals surface area contributed by atoms with Gasteiger partial charge in [-0.2, -0.15) is 5.26 Å². The molecule has 2 N–H and O–H groups in total. The van der Waals surface area contributed by atoms with Crippen LogP contribution in [0.15, 0.2) is 30.6 Å². The molecular formula is C14H16N4. The summed E-state index contributed by atoms with van der Waals surface area (Å²) in [6, 6.07) is 4.47. The van der Waals surface area contributed by atoms with Crippen molar-refractivity contribution < 1.29 is 0 Å². The van der Waals surface area contributed by atoms with E-state index in [0.717, 1.165) is 28.7 Å². The minimum atomic E-state index is 0.380. The van der Waals surface area contributed by atoms with Gasteiger partial charge in [-0.15, -0.1) is 0 Å². The molecule has 0 aliphatic carbocycles. The minimum Gasteiger partial charge on any atom is -0.382 e. The Balaban J connectivity index is 2.31. The number of nitrogens with one attached hydrogen (secondary N) is 2. The quantitative estimate of drug-likeness (QED) is 0.807. The summed E-state index contributed by atoms with van der Waals surface area (Å²) in [5.41, 5.74) is 3.05. The Hall–Kier alpha value is -2.28. The summed E-state index contributed by atoms with van der Waals surface area (Å²) in [7, 11) is 0. The lowest BCUT2D eigenvalue weighted by molar-refractivity contribution is 0.898. The largest absolute Gasteiger partial charge is 0.382 e. The topological polar surface area (TPSA) is 64.5 Å². The fourth-order valence-corrected chi connectivity index (χ4v) is 1.88. The Morgan fingerprint density at radius 3 is 3.11 bits per heavy atom. The van der Waals surface area contributed by atoms with E-state index < -0.39 is 0 Å². The molecule has 18 heavy (non-hydrogen) atoms. The van der Waals surface area contributed by atoms with Gasteiger partial charge >= 0.3 is 0 Å². The smallest absolute Gasteiger partial charge is 0.137 e. The van der Waals surface area contributed by atoms with Gasteiger partial charge in [0.1, 0.15) is 5.65 Å². The van der Waals surface area contributed by atoms with Crippen molar-refractivity contribution >= 4 is 16.7 Å². The fraction of sp³-hybridized carbons (Fsp3) is 0.286. The van der Waals surface area contributed by atoms with E-state index in [0.29, 0.717) is 6.04 Å². The van der Waals surface area contributed by atoms with Crippen molar-refractivity contribution in [3.63, 3.8) is 0 Å². The Labute approximate surface area is 106 Å². The molecule has 2 aromatic rings. The number of aromatic nitrogens is 2. The molecule has 0 atom stereocenters. The molecule has 0 aromatic carbocycles. The monoisotopic (exact) mass is 240 g/mol. The van der Waals surface area contributed by atoms with Gasteiger partial charge in [0.2, 0.25) is 0 Å². The maximum absolute atomic E-state index is 8.48. The van der Waals surface area contributed by atoms with Gasteiger partial charge in [-0.25, -0.2) is 4.98 Å². The molecule has 0 radical (unpaired) electrons. The van der Waals surface area contributed by atoms with Crippen molar-refractivity contribution in [3.05, 3.63) is 36.2 Å². The average Bonchev–Trinajstić information content (AvgIpc) is 2.72. The van der Waals surface area contributed by atoms with Crippen LogP contribution in [0, 0.1) is 11.3 Å². The Morgan fingerprint density at radius 2 is 2.39 bits per heavy atom. The van der Waals surface area contributed by atoms with Crippen LogP contribution in [0.2, 0.25) is 0 Å². The lowest BCUT2D eigenvalue weighted by atomic mass is 10.1. The predicted molar refractivity (Wildman–Crippen MR) is 73.3 cm³/mol. The minimum absolute atomic E-state index is 0.380. The zero-order valence-corrected chi connectivity index (χ0v) is 10.6. The second-order valence-corrected chi connectivity index (χ2v) is 4.47. The van der Waals surface area contributed by atoms with Crippen LogP contribution in [0.3, 0.4) is 0 Å². The number of anilines is 1. The number of fused-ring (bicyclic) bond motifs is 1. The Bertz CT molecular complexity index is 602. The fourth-order valence-electron chi connectivity index (χ4n) is 1.88. The molecule has 0 bridgehead atoms. The number of aromatic amines is 1. The van der Waals surface area contributed by atoms with Gasteiger partial charge in [-0.3, -0.25) is 0 Å². The van der Waals surface area contributed by atoms with Crippen LogP contribution in [0.4, 0.5) is 5.69 Å². The molecule has 0 unspecified atom stereocenters. The van der Waals surface area contributed by atoms with Crippen molar-refractivity contribution in [2.24, 2.45) is 0 Å². The van der Waals surface area contributed by atoms with Gasteiger partial charge in [0.15, 0.2) is 0 Å². The molecule has 0 saturated carbocycles. The van der Waals surface area contributed by atoms with Crippen molar-refractivity contribution in [2.75, 3.05) is 5.32 Å². The van der Waals surface area contributed by atoms with Gasteiger partial charge in [-0.1, -0.05) is 6.08 Å². The number of hydrogen-bond acceptors (Lipinski definition) is 3. The van der Waals surface area contributed by atoms with Crippen LogP contribution in [0.1, 0.15) is 19.4 Å². The van der Waals surface area contributed by atoms with Gasteiger partial charge in [0.25, 0.3) is 0 Å². The average molecular weight is 240 g/mol. The van der Waals surface area contributed by atoms with Crippen LogP contribution in [-0.4, -0.2) is 16.0 Å². The third kappa shape index (κ3) is 2.69. The van der Waals surface area contributed by atoms with E-state index >= 15 is 0 Å². The number of H-pyrrole nitrogens is 1. The van der Waals surface area contributed by atoms with E-state index in [2.05, 4.69) is 35.2 Å². The standard InChI is InChI=1S/C14H16N4/c1-10(2)18-12-7-13-11(5-3-4-6-15)8-16-14(13)17-9-12/h3-4,7-10,18H,5H2,1-2H3,(H,16,17)/b4-3+. The lowest BCUT2D eigenvalue weighted by Crippen LogP contribution is -2.09. The first kappa shape index (κ1) is 12.2. The SMILES string of the molecule is CC(C)Nc1cnc2[nH]cc(C/C=C/C#N)c2c1. The highest BCUT2D eigenvalue weighted by Crippen LogP contribution is 2.21. The Morgan fingerprint density at radius 1 is 1.56 bits per heavy atom. The summed E-state index contributed by atoms with van der Waals surface area (Å²) in [5, 5.41) is 12.9. The van der Waals surface area contributed by atoms with E-state index in [-0.39, 0.29) is 0 Å². The molecule has 0 amide bonds. The summed E-state index contributed by atoms with van der Waals surface area (Å²) in [6.07, 6.45) is 7.86. The highest BCUT2D eigenvalue weighted by Gasteiger charge is 2.05. The zero-order chi connectivity index (χ0) is 13.0. The summed E-state index contributed by atoms with van der Waals surface area (Å²) in [5.74, 6) is 0. The highest BCUT2D eigenvalue weighted by atomic mass is 14.9. The van der Waals surface area contributed by atoms with Gasteiger partial charge in [0.05, 0.1) is 18.0 Å². The van der Waals surface area contributed by atoms with E-state index in [1.54, 1.807) is 0 Å². The first-order valence-corrected chi connectivity index (χ1v) is 5.98. The molecule has 2 aromatic heterocycles. The summed E-state index contributed by atoms with van der Waals surface area (Å²) in [4.78, 5) is 7.52. The normalized spacial score (nSPS) is 11.2. The number of hydrogen-bond donors (Lipinski definition) is 2. The first-order valence-electron chi connectivity index (χ1n) is 5.98. The number of rotatable bonds is 4. The summed E-state index contributed by atoms with van der Waals surface area (Å²) in [6.45, 7) is 4.19. The Kier molecular flexibility index (Phi) is 3.63. The molecular weight excluding hydrogens is 224 g/mol. The molecule has 4 heteroatoms. The van der Waals surface area contributed by atoms with Gasteiger partial charge in [0, 0.05) is 23.7 Å². The molecule has 0 aliphatic heterocycles. The van der Waals surface area contributed by atoms with E-state index in [1.807, 2.05) is 24.5 Å². The second kappa shape index (κ2) is 5.37. The molecule has 0 spiro atoms. The van der Waals surface area contributed by atoms with Crippen molar-refractivity contribution in [1.82, 2.24) is 9.97 Å². The summed E-state index contributed by atoms with van der Waals surface area (Å²) >= 11 is 0. The van der Waals surface area contributed by atoms with Gasteiger partial charge in [-0.05, 0) is 31.9 Å². The number of pyridine rings is 1. The van der Waals surface area contributed by atoms with Crippen LogP contribution >= 0.6 is 0 Å². The van der Waals surface area contributed by atoms with Crippen molar-refractivity contribution in [2.45, 2.75) is 26.3 Å². The van der Waals surface area contributed by atoms with Crippen molar-refractivity contribution in [1.29, 1.82) is 5.26 Å². The summed E-state index contributed by atoms with van der Waals surface area (Å²) < 4.78 is 0. The van der Waals surface area contributed by atoms with E-state index in [1.165, 1.54) is 6.08 Å². The predicted octanol–water partition coefficient (Wildman–Crippen LogP) is 3.01. The van der Waals surface area contributed by atoms with E-state index in [4.69, 9.17) is 5.26 Å². The maximum atomic E-state index is 8.48. The molecule has 0 fully saturated rings. The third-order valence-electron chi connectivity index (χ3n) is 2.60. The zero-order valence-electron chi connectivity index (χ0n) is 10.6. The number of nitrogens with zero attached hydrogens (tertiary/aromatic N) is 2. The number of allylic oxidation sites excluding steroid dienone is 2.